The highest BCUT2D eigenvalue weighted by atomic mass is 35.5. The third kappa shape index (κ3) is 3.10. The summed E-state index contributed by atoms with van der Waals surface area (Å²) in [7, 11) is 0. The molecule has 0 aromatic carbocycles. The molecule has 0 aliphatic carbocycles. The first-order chi connectivity index (χ1) is 9.56. The van der Waals surface area contributed by atoms with Crippen LogP contribution in [-0.2, 0) is 0 Å². The zero-order chi connectivity index (χ0) is 14.7. The van der Waals surface area contributed by atoms with Gasteiger partial charge < -0.3 is 4.90 Å². The Hall–Kier alpha value is -0.780. The molecule has 2 heterocycles. The number of nitrogens with zero attached hydrogens (tertiary/aromatic N) is 4. The van der Waals surface area contributed by atoms with Crippen molar-refractivity contribution in [2.45, 2.75) is 39.3 Å². The fourth-order valence-electron chi connectivity index (χ4n) is 2.34. The van der Waals surface area contributed by atoms with Crippen molar-refractivity contribution in [1.29, 1.82) is 0 Å². The van der Waals surface area contributed by atoms with Gasteiger partial charge >= 0.3 is 0 Å². The number of nitrogens with two attached hydrogens (primary N) is 1. The third-order valence-electron chi connectivity index (χ3n) is 3.53. The Balaban J connectivity index is 2.19. The number of amidine groups is 1. The minimum atomic E-state index is -0.255. The first-order valence-corrected chi connectivity index (χ1v) is 7.79. The maximum Gasteiger partial charge on any atom is 0.140 e. The number of halogens is 2. The summed E-state index contributed by atoms with van der Waals surface area (Å²) < 4.78 is 0. The van der Waals surface area contributed by atoms with Gasteiger partial charge in [0.05, 0.1) is 12.1 Å². The topological polar surface area (TPSA) is 57.2 Å². The Kier molecular flexibility index (Phi) is 5.29. The summed E-state index contributed by atoms with van der Waals surface area (Å²) in [6.07, 6.45) is 3.28. The first-order valence-electron chi connectivity index (χ1n) is 7.03. The molecule has 0 aromatic heterocycles. The van der Waals surface area contributed by atoms with Crippen molar-refractivity contribution in [3.05, 3.63) is 10.7 Å². The van der Waals surface area contributed by atoms with Gasteiger partial charge in [-0.2, -0.15) is 0 Å². The first kappa shape index (κ1) is 15.6. The summed E-state index contributed by atoms with van der Waals surface area (Å²) in [6, 6.07) is 0. The highest BCUT2D eigenvalue weighted by Gasteiger charge is 2.31. The zero-order valence-corrected chi connectivity index (χ0v) is 13.5. The molecule has 0 saturated heterocycles. The number of hydrazine groups is 1. The Morgan fingerprint density at radius 2 is 2.10 bits per heavy atom. The summed E-state index contributed by atoms with van der Waals surface area (Å²) in [6.45, 7) is 6.66. The molecule has 0 amide bonds. The molecule has 0 aromatic rings. The highest BCUT2D eigenvalue weighted by Crippen LogP contribution is 2.27. The van der Waals surface area contributed by atoms with Gasteiger partial charge in [0.15, 0.2) is 0 Å². The van der Waals surface area contributed by atoms with Crippen LogP contribution < -0.4 is 5.84 Å². The van der Waals surface area contributed by atoms with Crippen LogP contribution >= 0.6 is 23.2 Å². The van der Waals surface area contributed by atoms with E-state index in [0.717, 1.165) is 31.9 Å². The van der Waals surface area contributed by atoms with E-state index in [-0.39, 0.29) is 6.17 Å². The molecule has 0 radical (unpaired) electrons. The Bertz CT molecular complexity index is 458. The van der Waals surface area contributed by atoms with Gasteiger partial charge in [0.25, 0.3) is 0 Å². The van der Waals surface area contributed by atoms with E-state index >= 15 is 0 Å². The predicted molar refractivity (Wildman–Crippen MR) is 85.1 cm³/mol. The predicted octanol–water partition coefficient (Wildman–Crippen LogP) is 2.51. The summed E-state index contributed by atoms with van der Waals surface area (Å²) >= 11 is 12.6. The fourth-order valence-corrected chi connectivity index (χ4v) is 3.02. The van der Waals surface area contributed by atoms with E-state index in [1.165, 1.54) is 17.9 Å². The lowest BCUT2D eigenvalue weighted by Crippen LogP contribution is -2.43. The van der Waals surface area contributed by atoms with E-state index in [2.05, 4.69) is 21.8 Å². The Morgan fingerprint density at radius 1 is 1.35 bits per heavy atom. The van der Waals surface area contributed by atoms with Crippen LogP contribution in [0.25, 0.3) is 0 Å². The SMILES string of the molecule is CCCCCN1CCN=C1C1=C(Cl)N(N)C(C)N=C1Cl. The van der Waals surface area contributed by atoms with Crippen LogP contribution in [0.2, 0.25) is 0 Å². The van der Waals surface area contributed by atoms with E-state index in [1.807, 2.05) is 6.92 Å². The van der Waals surface area contributed by atoms with Crippen molar-refractivity contribution in [3.8, 4) is 0 Å². The summed E-state index contributed by atoms with van der Waals surface area (Å²) in [5.41, 5.74) is 0.655. The van der Waals surface area contributed by atoms with E-state index in [9.17, 15) is 0 Å². The van der Waals surface area contributed by atoms with Crippen LogP contribution in [0.3, 0.4) is 0 Å². The molecule has 2 rings (SSSR count). The second-order valence-electron chi connectivity index (χ2n) is 5.02. The molecule has 0 spiro atoms. The second kappa shape index (κ2) is 6.78. The number of unbranched alkanes of at least 4 members (excludes halogenated alkanes) is 2. The van der Waals surface area contributed by atoms with Gasteiger partial charge in [-0.1, -0.05) is 43.0 Å². The van der Waals surface area contributed by atoms with Crippen LogP contribution in [0.4, 0.5) is 0 Å². The molecule has 5 nitrogen and oxygen atoms in total. The van der Waals surface area contributed by atoms with Gasteiger partial charge in [0, 0.05) is 13.1 Å². The van der Waals surface area contributed by atoms with Gasteiger partial charge in [-0.15, -0.1) is 0 Å². The summed E-state index contributed by atoms with van der Waals surface area (Å²) in [5.74, 6) is 6.73. The largest absolute Gasteiger partial charge is 0.354 e. The van der Waals surface area contributed by atoms with Crippen LogP contribution in [-0.4, -0.2) is 46.7 Å². The minimum Gasteiger partial charge on any atom is -0.354 e. The molecule has 1 atom stereocenters. The van der Waals surface area contributed by atoms with Crippen molar-refractivity contribution < 1.29 is 0 Å². The van der Waals surface area contributed by atoms with Crippen molar-refractivity contribution in [3.63, 3.8) is 0 Å². The number of hydrogen-bond donors (Lipinski definition) is 1. The van der Waals surface area contributed by atoms with Crippen molar-refractivity contribution >= 4 is 34.2 Å². The molecule has 1 unspecified atom stereocenters. The average molecular weight is 318 g/mol. The maximum absolute atomic E-state index is 6.34. The molecule has 0 fully saturated rings. The van der Waals surface area contributed by atoms with Gasteiger partial charge in [-0.05, 0) is 13.3 Å². The lowest BCUT2D eigenvalue weighted by molar-refractivity contribution is 0.297. The third-order valence-corrected chi connectivity index (χ3v) is 4.20. The van der Waals surface area contributed by atoms with E-state index in [0.29, 0.717) is 15.9 Å². The second-order valence-corrected chi connectivity index (χ2v) is 5.74. The standard InChI is InChI=1S/C13H21Cl2N5/c1-3-4-5-7-19-8-6-17-13(19)10-11(14)18-9(2)20(16)12(10)15/h9H,3-8,16H2,1-2H3. The van der Waals surface area contributed by atoms with E-state index < -0.39 is 0 Å². The van der Waals surface area contributed by atoms with Crippen molar-refractivity contribution in [2.75, 3.05) is 19.6 Å². The van der Waals surface area contributed by atoms with Gasteiger partial charge in [0.1, 0.15) is 22.3 Å². The molecule has 2 N–H and O–H groups in total. The summed E-state index contributed by atoms with van der Waals surface area (Å²) in [5, 5.41) is 2.23. The quantitative estimate of drug-likeness (QED) is 0.481. The zero-order valence-electron chi connectivity index (χ0n) is 11.9. The number of hydrogen-bond acceptors (Lipinski definition) is 5. The molecular formula is C13H21Cl2N5. The molecule has 2 aliphatic rings. The van der Waals surface area contributed by atoms with Crippen molar-refractivity contribution in [2.24, 2.45) is 15.8 Å². The van der Waals surface area contributed by atoms with Gasteiger partial charge in [-0.25, -0.2) is 10.8 Å². The molecule has 20 heavy (non-hydrogen) atoms. The molecule has 7 heteroatoms. The maximum atomic E-state index is 6.34. The molecule has 2 aliphatic heterocycles. The normalized spacial score (nSPS) is 23.4. The van der Waals surface area contributed by atoms with Crippen LogP contribution in [0.5, 0.6) is 0 Å². The highest BCUT2D eigenvalue weighted by molar-refractivity contribution is 6.73. The average Bonchev–Trinajstić information content (AvgIpc) is 2.85. The molecular weight excluding hydrogens is 297 g/mol. The van der Waals surface area contributed by atoms with Crippen LogP contribution in [0, 0.1) is 0 Å². The van der Waals surface area contributed by atoms with Crippen LogP contribution in [0.15, 0.2) is 20.7 Å². The Morgan fingerprint density at radius 3 is 2.80 bits per heavy atom. The number of aliphatic imine (C=N–C) groups is 2. The lowest BCUT2D eigenvalue weighted by Gasteiger charge is -2.31. The monoisotopic (exact) mass is 317 g/mol. The fraction of sp³-hybridized carbons (Fsp3) is 0.692. The smallest absolute Gasteiger partial charge is 0.140 e. The number of rotatable bonds is 5. The Labute approximate surface area is 130 Å². The summed E-state index contributed by atoms with van der Waals surface area (Å²) in [4.78, 5) is 11.1. The van der Waals surface area contributed by atoms with Gasteiger partial charge in [-0.3, -0.25) is 10.0 Å². The van der Waals surface area contributed by atoms with Crippen molar-refractivity contribution in [1.82, 2.24) is 9.91 Å². The van der Waals surface area contributed by atoms with E-state index in [1.54, 1.807) is 0 Å². The van der Waals surface area contributed by atoms with E-state index in [4.69, 9.17) is 29.0 Å². The lowest BCUT2D eigenvalue weighted by atomic mass is 10.2. The van der Waals surface area contributed by atoms with Gasteiger partial charge in [0.2, 0.25) is 0 Å². The molecule has 0 bridgehead atoms. The molecule has 112 valence electrons. The van der Waals surface area contributed by atoms with Crippen LogP contribution in [0.1, 0.15) is 33.1 Å². The molecule has 0 saturated carbocycles. The minimum absolute atomic E-state index is 0.255.